The fourth-order valence-corrected chi connectivity index (χ4v) is 0.669. The number of thioether (sulfide) groups is 1. The van der Waals surface area contributed by atoms with Crippen LogP contribution in [0.5, 0.6) is 0 Å². The largest absolute Gasteiger partial charge is 0.299 e. The van der Waals surface area contributed by atoms with E-state index in [1.165, 1.54) is 11.8 Å². The molecule has 1 aliphatic rings. The van der Waals surface area contributed by atoms with E-state index in [4.69, 9.17) is 5.73 Å². The zero-order valence-electron chi connectivity index (χ0n) is 3.61. The van der Waals surface area contributed by atoms with Crippen LogP contribution in [0.3, 0.4) is 0 Å². The summed E-state index contributed by atoms with van der Waals surface area (Å²) >= 11 is 1.45. The standard InChI is InChI=1S/C3H5N3S/c4-3-6-5-1-2-7-3/h1-3H,4H2. The van der Waals surface area contributed by atoms with Crippen LogP contribution < -0.4 is 5.73 Å². The first-order valence-corrected chi connectivity index (χ1v) is 2.80. The van der Waals surface area contributed by atoms with Gasteiger partial charge in [-0.05, 0) is 5.41 Å². The van der Waals surface area contributed by atoms with Crippen molar-refractivity contribution in [2.75, 3.05) is 0 Å². The zero-order valence-corrected chi connectivity index (χ0v) is 4.43. The average Bonchev–Trinajstić information content (AvgIpc) is 1.69. The molecule has 0 fully saturated rings. The SMILES string of the molecule is NC1N=NC=CS1. The molecule has 0 aliphatic carbocycles. The van der Waals surface area contributed by atoms with E-state index in [0.717, 1.165) is 0 Å². The van der Waals surface area contributed by atoms with Crippen LogP contribution in [0, 0.1) is 0 Å². The molecule has 0 spiro atoms. The Labute approximate surface area is 45.7 Å². The highest BCUT2D eigenvalue weighted by atomic mass is 32.2. The summed E-state index contributed by atoms with van der Waals surface area (Å²) in [5.74, 6) is 0. The molecule has 0 aromatic rings. The van der Waals surface area contributed by atoms with E-state index < -0.39 is 0 Å². The lowest BCUT2D eigenvalue weighted by molar-refractivity contribution is 0.897. The maximum absolute atomic E-state index is 5.29. The third kappa shape index (κ3) is 1.29. The Balaban J connectivity index is 2.49. The van der Waals surface area contributed by atoms with Gasteiger partial charge in [0, 0.05) is 0 Å². The van der Waals surface area contributed by atoms with Crippen molar-refractivity contribution >= 4 is 11.8 Å². The molecule has 1 aliphatic heterocycles. The van der Waals surface area contributed by atoms with Gasteiger partial charge in [0.15, 0.2) is 5.50 Å². The maximum atomic E-state index is 5.29. The second-order valence-corrected chi connectivity index (χ2v) is 2.07. The molecule has 3 nitrogen and oxygen atoms in total. The minimum absolute atomic E-state index is 0.176. The van der Waals surface area contributed by atoms with Gasteiger partial charge in [0.1, 0.15) is 0 Å². The summed E-state index contributed by atoms with van der Waals surface area (Å²) in [6.07, 6.45) is 1.62. The van der Waals surface area contributed by atoms with Gasteiger partial charge < -0.3 is 0 Å². The van der Waals surface area contributed by atoms with Gasteiger partial charge in [0.2, 0.25) is 0 Å². The van der Waals surface area contributed by atoms with Gasteiger partial charge in [-0.3, -0.25) is 5.73 Å². The zero-order chi connectivity index (χ0) is 5.11. The van der Waals surface area contributed by atoms with Crippen LogP contribution >= 0.6 is 11.8 Å². The Bertz CT molecular complexity index is 109. The predicted molar refractivity (Wildman–Crippen MR) is 29.6 cm³/mol. The second-order valence-electron chi connectivity index (χ2n) is 1.04. The molecular weight excluding hydrogens is 110 g/mol. The monoisotopic (exact) mass is 115 g/mol. The maximum Gasteiger partial charge on any atom is 0.169 e. The molecule has 7 heavy (non-hydrogen) atoms. The fraction of sp³-hybridized carbons (Fsp3) is 0.333. The summed E-state index contributed by atoms with van der Waals surface area (Å²) in [5, 5.41) is 8.98. The van der Waals surface area contributed by atoms with Crippen LogP contribution in [0.15, 0.2) is 21.8 Å². The van der Waals surface area contributed by atoms with Crippen LogP contribution in [-0.2, 0) is 0 Å². The van der Waals surface area contributed by atoms with Crippen molar-refractivity contribution in [3.8, 4) is 0 Å². The van der Waals surface area contributed by atoms with Crippen molar-refractivity contribution in [3.63, 3.8) is 0 Å². The lowest BCUT2D eigenvalue weighted by atomic mass is 11.0. The smallest absolute Gasteiger partial charge is 0.169 e. The van der Waals surface area contributed by atoms with Gasteiger partial charge in [-0.2, -0.15) is 10.2 Å². The lowest BCUT2D eigenvalue weighted by Crippen LogP contribution is -2.10. The third-order valence-corrected chi connectivity index (χ3v) is 1.18. The van der Waals surface area contributed by atoms with Crippen LogP contribution in [0.1, 0.15) is 0 Å². The number of azo groups is 1. The molecule has 1 atom stereocenters. The first kappa shape index (κ1) is 4.80. The Morgan fingerprint density at radius 3 is 2.86 bits per heavy atom. The van der Waals surface area contributed by atoms with Gasteiger partial charge in [-0.1, -0.05) is 11.8 Å². The van der Waals surface area contributed by atoms with Gasteiger partial charge >= 0.3 is 0 Å². The molecule has 0 bridgehead atoms. The van der Waals surface area contributed by atoms with E-state index in [0.29, 0.717) is 0 Å². The van der Waals surface area contributed by atoms with Crippen molar-refractivity contribution < 1.29 is 0 Å². The fourth-order valence-electron chi connectivity index (χ4n) is 0.274. The minimum Gasteiger partial charge on any atom is -0.299 e. The van der Waals surface area contributed by atoms with Crippen molar-refractivity contribution in [1.29, 1.82) is 0 Å². The van der Waals surface area contributed by atoms with E-state index >= 15 is 0 Å². The van der Waals surface area contributed by atoms with Crippen molar-refractivity contribution in [2.45, 2.75) is 5.50 Å². The highest BCUT2D eigenvalue weighted by Gasteiger charge is 1.96. The molecule has 0 aromatic carbocycles. The van der Waals surface area contributed by atoms with Crippen LogP contribution in [0.4, 0.5) is 0 Å². The van der Waals surface area contributed by atoms with Gasteiger partial charge in [0.05, 0.1) is 6.20 Å². The Morgan fingerprint density at radius 1 is 1.71 bits per heavy atom. The number of hydrogen-bond acceptors (Lipinski definition) is 4. The molecule has 0 aromatic heterocycles. The van der Waals surface area contributed by atoms with E-state index in [1.807, 2.05) is 5.41 Å². The molecule has 1 rings (SSSR count). The normalized spacial score (nSPS) is 28.4. The summed E-state index contributed by atoms with van der Waals surface area (Å²) in [4.78, 5) is 0. The molecule has 1 unspecified atom stereocenters. The number of nitrogens with zero attached hydrogens (tertiary/aromatic N) is 2. The Morgan fingerprint density at radius 2 is 2.57 bits per heavy atom. The third-order valence-electron chi connectivity index (χ3n) is 0.526. The van der Waals surface area contributed by atoms with E-state index in [1.54, 1.807) is 6.20 Å². The van der Waals surface area contributed by atoms with Crippen molar-refractivity contribution in [3.05, 3.63) is 11.6 Å². The Kier molecular flexibility index (Phi) is 1.43. The molecule has 38 valence electrons. The Hall–Kier alpha value is -0.350. The summed E-state index contributed by atoms with van der Waals surface area (Å²) in [6.45, 7) is 0. The quantitative estimate of drug-likeness (QED) is 0.510. The van der Waals surface area contributed by atoms with E-state index in [2.05, 4.69) is 10.2 Å². The highest BCUT2D eigenvalue weighted by molar-refractivity contribution is 8.02. The summed E-state index contributed by atoms with van der Waals surface area (Å²) in [7, 11) is 0. The van der Waals surface area contributed by atoms with E-state index in [9.17, 15) is 0 Å². The number of hydrogen-bond donors (Lipinski definition) is 1. The van der Waals surface area contributed by atoms with Gasteiger partial charge in [-0.25, -0.2) is 0 Å². The number of nitrogens with two attached hydrogens (primary N) is 1. The summed E-state index contributed by atoms with van der Waals surface area (Å²) in [6, 6.07) is 0. The van der Waals surface area contributed by atoms with Gasteiger partial charge in [0.25, 0.3) is 0 Å². The minimum atomic E-state index is -0.176. The topological polar surface area (TPSA) is 50.7 Å². The number of rotatable bonds is 0. The van der Waals surface area contributed by atoms with Crippen molar-refractivity contribution in [2.24, 2.45) is 16.0 Å². The first-order valence-electron chi connectivity index (χ1n) is 1.85. The summed E-state index contributed by atoms with van der Waals surface area (Å²) < 4.78 is 0. The van der Waals surface area contributed by atoms with Crippen molar-refractivity contribution in [1.82, 2.24) is 0 Å². The molecular formula is C3H5N3S. The lowest BCUT2D eigenvalue weighted by Gasteiger charge is -2.00. The van der Waals surface area contributed by atoms with Gasteiger partial charge in [-0.15, -0.1) is 0 Å². The molecule has 0 amide bonds. The molecule has 0 radical (unpaired) electrons. The average molecular weight is 115 g/mol. The molecule has 1 heterocycles. The van der Waals surface area contributed by atoms with Crippen LogP contribution in [0.25, 0.3) is 0 Å². The first-order chi connectivity index (χ1) is 3.39. The molecule has 0 saturated carbocycles. The molecule has 2 N–H and O–H groups in total. The van der Waals surface area contributed by atoms with Crippen LogP contribution in [-0.4, -0.2) is 5.50 Å². The molecule has 0 saturated heterocycles. The summed E-state index contributed by atoms with van der Waals surface area (Å²) in [5.41, 5.74) is 5.11. The molecule has 4 heteroatoms. The highest BCUT2D eigenvalue weighted by Crippen LogP contribution is 2.12. The van der Waals surface area contributed by atoms with Crippen LogP contribution in [0.2, 0.25) is 0 Å². The second kappa shape index (κ2) is 2.09. The predicted octanol–water partition coefficient (Wildman–Crippen LogP) is 0.899. The van der Waals surface area contributed by atoms with E-state index in [-0.39, 0.29) is 5.50 Å².